The van der Waals surface area contributed by atoms with Crippen molar-refractivity contribution in [3.63, 3.8) is 0 Å². The predicted molar refractivity (Wildman–Crippen MR) is 95.8 cm³/mol. The van der Waals surface area contributed by atoms with Crippen molar-refractivity contribution >= 4 is 11.8 Å². The molecular weight excluding hydrogens is 316 g/mol. The number of hydrogen-bond acceptors (Lipinski definition) is 3. The van der Waals surface area contributed by atoms with Gasteiger partial charge in [0.05, 0.1) is 5.60 Å². The molecule has 5 nitrogen and oxygen atoms in total. The molecule has 3 rings (SSSR count). The molecule has 2 amide bonds. The molecule has 1 aromatic rings. The number of rotatable bonds is 5. The van der Waals surface area contributed by atoms with Crippen LogP contribution in [0.25, 0.3) is 0 Å². The van der Waals surface area contributed by atoms with Crippen LogP contribution in [0.2, 0.25) is 0 Å². The van der Waals surface area contributed by atoms with E-state index in [1.165, 1.54) is 5.56 Å². The van der Waals surface area contributed by atoms with Crippen LogP contribution in [0.1, 0.15) is 56.1 Å². The maximum absolute atomic E-state index is 12.6. The van der Waals surface area contributed by atoms with E-state index in [0.717, 1.165) is 37.7 Å². The largest absolute Gasteiger partial charge is 0.388 e. The van der Waals surface area contributed by atoms with Crippen molar-refractivity contribution in [3.8, 4) is 0 Å². The number of carbonyl (C=O) groups excluding carboxylic acids is 2. The van der Waals surface area contributed by atoms with Gasteiger partial charge < -0.3 is 15.3 Å². The van der Waals surface area contributed by atoms with Crippen molar-refractivity contribution in [2.24, 2.45) is 0 Å². The van der Waals surface area contributed by atoms with Crippen LogP contribution in [0, 0.1) is 6.92 Å². The first-order valence-corrected chi connectivity index (χ1v) is 9.32. The molecule has 2 N–H and O–H groups in total. The Balaban J connectivity index is 1.60. The van der Waals surface area contributed by atoms with Gasteiger partial charge in [0.15, 0.2) is 0 Å². The minimum Gasteiger partial charge on any atom is -0.388 e. The third-order valence-electron chi connectivity index (χ3n) is 5.48. The van der Waals surface area contributed by atoms with Crippen molar-refractivity contribution in [1.82, 2.24) is 10.2 Å². The number of nitrogens with zero attached hydrogens (tertiary/aromatic N) is 1. The summed E-state index contributed by atoms with van der Waals surface area (Å²) in [7, 11) is 0. The van der Waals surface area contributed by atoms with Crippen molar-refractivity contribution < 1.29 is 14.7 Å². The van der Waals surface area contributed by atoms with Gasteiger partial charge in [-0.3, -0.25) is 9.59 Å². The summed E-state index contributed by atoms with van der Waals surface area (Å²) in [4.78, 5) is 26.5. The highest BCUT2D eigenvalue weighted by molar-refractivity contribution is 5.90. The zero-order chi connectivity index (χ0) is 17.9. The maximum Gasteiger partial charge on any atom is 0.242 e. The van der Waals surface area contributed by atoms with Crippen LogP contribution in [-0.4, -0.2) is 40.0 Å². The number of benzene rings is 1. The van der Waals surface area contributed by atoms with Crippen molar-refractivity contribution in [1.29, 1.82) is 0 Å². The quantitative estimate of drug-likeness (QED) is 0.861. The fraction of sp³-hybridized carbons (Fsp3) is 0.600. The molecule has 0 spiro atoms. The van der Waals surface area contributed by atoms with Crippen molar-refractivity contribution in [3.05, 3.63) is 35.4 Å². The van der Waals surface area contributed by atoms with Gasteiger partial charge in [0.25, 0.3) is 0 Å². The Kier molecular flexibility index (Phi) is 5.42. The van der Waals surface area contributed by atoms with Gasteiger partial charge in [0.2, 0.25) is 11.8 Å². The summed E-state index contributed by atoms with van der Waals surface area (Å²) in [5.41, 5.74) is 1.43. The molecule has 1 saturated heterocycles. The summed E-state index contributed by atoms with van der Waals surface area (Å²) >= 11 is 0. The summed E-state index contributed by atoms with van der Waals surface area (Å²) in [5, 5.41) is 13.4. The fourth-order valence-corrected chi connectivity index (χ4v) is 3.85. The van der Waals surface area contributed by atoms with E-state index in [1.807, 2.05) is 31.2 Å². The summed E-state index contributed by atoms with van der Waals surface area (Å²) in [6, 6.07) is 7.61. The zero-order valence-electron chi connectivity index (χ0n) is 15.0. The second-order valence-corrected chi connectivity index (χ2v) is 7.56. The summed E-state index contributed by atoms with van der Waals surface area (Å²) in [6.07, 6.45) is 5.61. The Morgan fingerprint density at radius 2 is 1.92 bits per heavy atom. The lowest BCUT2D eigenvalue weighted by atomic mass is 9.85. The average molecular weight is 344 g/mol. The van der Waals surface area contributed by atoms with Gasteiger partial charge in [0.1, 0.15) is 6.04 Å². The normalized spacial score (nSPS) is 22.9. The molecule has 1 saturated carbocycles. The number of aliphatic hydroxyl groups is 1. The van der Waals surface area contributed by atoms with Gasteiger partial charge in [0, 0.05) is 19.5 Å². The first-order valence-electron chi connectivity index (χ1n) is 9.32. The molecule has 25 heavy (non-hydrogen) atoms. The molecular formula is C20H28N2O3. The van der Waals surface area contributed by atoms with E-state index in [0.29, 0.717) is 19.4 Å². The molecule has 1 unspecified atom stereocenters. The van der Waals surface area contributed by atoms with Crippen LogP contribution < -0.4 is 5.32 Å². The standard InChI is InChI=1S/C20H28N2O3/c1-15-5-7-16(8-6-15)13-22-17(9-10-18(22)23)19(24)21-14-20(25)11-3-2-4-12-20/h5-8,17,25H,2-4,9-14H2,1H3,(H,21,24). The fourth-order valence-electron chi connectivity index (χ4n) is 3.85. The van der Waals surface area contributed by atoms with E-state index in [1.54, 1.807) is 4.90 Å². The lowest BCUT2D eigenvalue weighted by Crippen LogP contribution is -2.50. The third-order valence-corrected chi connectivity index (χ3v) is 5.48. The molecule has 1 aliphatic heterocycles. The van der Waals surface area contributed by atoms with Crippen LogP contribution in [0.4, 0.5) is 0 Å². The molecule has 1 atom stereocenters. The second kappa shape index (κ2) is 7.56. The van der Waals surface area contributed by atoms with E-state index in [-0.39, 0.29) is 18.4 Å². The molecule has 2 fully saturated rings. The first-order chi connectivity index (χ1) is 12.0. The number of amides is 2. The van der Waals surface area contributed by atoms with Crippen LogP contribution >= 0.6 is 0 Å². The van der Waals surface area contributed by atoms with Gasteiger partial charge in [-0.15, -0.1) is 0 Å². The Bertz CT molecular complexity index is 620. The monoisotopic (exact) mass is 344 g/mol. The predicted octanol–water partition coefficient (Wildman–Crippen LogP) is 2.30. The zero-order valence-corrected chi connectivity index (χ0v) is 15.0. The Labute approximate surface area is 149 Å². The first kappa shape index (κ1) is 17.9. The summed E-state index contributed by atoms with van der Waals surface area (Å²) < 4.78 is 0. The molecule has 1 aromatic carbocycles. The van der Waals surface area contributed by atoms with Gasteiger partial charge >= 0.3 is 0 Å². The number of hydrogen-bond donors (Lipinski definition) is 2. The van der Waals surface area contributed by atoms with Crippen LogP contribution in [0.3, 0.4) is 0 Å². The molecule has 136 valence electrons. The Morgan fingerprint density at radius 1 is 1.24 bits per heavy atom. The SMILES string of the molecule is Cc1ccc(CN2C(=O)CCC2C(=O)NCC2(O)CCCCC2)cc1. The highest BCUT2D eigenvalue weighted by Gasteiger charge is 2.37. The Hall–Kier alpha value is -1.88. The highest BCUT2D eigenvalue weighted by atomic mass is 16.3. The van der Waals surface area contributed by atoms with Gasteiger partial charge in [-0.25, -0.2) is 0 Å². The number of nitrogens with one attached hydrogen (secondary N) is 1. The van der Waals surface area contributed by atoms with E-state index in [4.69, 9.17) is 0 Å². The van der Waals surface area contributed by atoms with E-state index in [9.17, 15) is 14.7 Å². The molecule has 1 aliphatic carbocycles. The number of likely N-dealkylation sites (tertiary alicyclic amines) is 1. The van der Waals surface area contributed by atoms with Crippen LogP contribution in [-0.2, 0) is 16.1 Å². The van der Waals surface area contributed by atoms with Gasteiger partial charge in [-0.05, 0) is 31.7 Å². The lowest BCUT2D eigenvalue weighted by molar-refractivity contribution is -0.136. The second-order valence-electron chi connectivity index (χ2n) is 7.56. The summed E-state index contributed by atoms with van der Waals surface area (Å²) in [6.45, 7) is 2.77. The van der Waals surface area contributed by atoms with Gasteiger partial charge in [-0.2, -0.15) is 0 Å². The maximum atomic E-state index is 12.6. The lowest BCUT2D eigenvalue weighted by Gasteiger charge is -2.33. The number of carbonyl (C=O) groups is 2. The molecule has 0 radical (unpaired) electrons. The smallest absolute Gasteiger partial charge is 0.242 e. The van der Waals surface area contributed by atoms with Crippen LogP contribution in [0.15, 0.2) is 24.3 Å². The molecule has 5 heteroatoms. The molecule has 0 aromatic heterocycles. The molecule has 0 bridgehead atoms. The molecule has 1 heterocycles. The van der Waals surface area contributed by atoms with Crippen molar-refractivity contribution in [2.45, 2.75) is 70.1 Å². The van der Waals surface area contributed by atoms with Crippen molar-refractivity contribution in [2.75, 3.05) is 6.54 Å². The summed E-state index contributed by atoms with van der Waals surface area (Å²) in [5.74, 6) is -0.117. The third kappa shape index (κ3) is 4.40. The van der Waals surface area contributed by atoms with E-state index in [2.05, 4.69) is 5.32 Å². The highest BCUT2D eigenvalue weighted by Crippen LogP contribution is 2.28. The van der Waals surface area contributed by atoms with E-state index < -0.39 is 11.6 Å². The van der Waals surface area contributed by atoms with Crippen LogP contribution in [0.5, 0.6) is 0 Å². The molecule has 2 aliphatic rings. The topological polar surface area (TPSA) is 69.6 Å². The minimum absolute atomic E-state index is 0.0251. The van der Waals surface area contributed by atoms with Gasteiger partial charge in [-0.1, -0.05) is 49.1 Å². The van der Waals surface area contributed by atoms with E-state index >= 15 is 0 Å². The Morgan fingerprint density at radius 3 is 2.60 bits per heavy atom. The number of aryl methyl sites for hydroxylation is 1. The minimum atomic E-state index is -0.779. The average Bonchev–Trinajstić information content (AvgIpc) is 2.96.